The number of anilines is 1. The molecule has 15 heavy (non-hydrogen) atoms. The van der Waals surface area contributed by atoms with E-state index in [4.69, 9.17) is 5.26 Å². The van der Waals surface area contributed by atoms with Crippen molar-refractivity contribution in [2.75, 3.05) is 5.32 Å². The van der Waals surface area contributed by atoms with Gasteiger partial charge in [0, 0.05) is 24.2 Å². The van der Waals surface area contributed by atoms with E-state index in [0.29, 0.717) is 0 Å². The number of hydrogen-bond donors (Lipinski definition) is 1. The summed E-state index contributed by atoms with van der Waals surface area (Å²) in [7, 11) is 0. The zero-order chi connectivity index (χ0) is 10.5. The summed E-state index contributed by atoms with van der Waals surface area (Å²) < 4.78 is 0. The lowest BCUT2D eigenvalue weighted by atomic mass is 10.2. The van der Waals surface area contributed by atoms with Gasteiger partial charge < -0.3 is 0 Å². The summed E-state index contributed by atoms with van der Waals surface area (Å²) in [5.41, 5.74) is 1.63. The standard InChI is InChI=1S/C10H7N5/c11-7-15-10-13-5-8(6-14-10)9-3-1-2-4-12-9/h1-6H,(H,13,14,15). The molecule has 0 fully saturated rings. The first-order valence-electron chi connectivity index (χ1n) is 4.29. The van der Waals surface area contributed by atoms with Gasteiger partial charge in [0.25, 0.3) is 0 Å². The predicted molar refractivity (Wildman–Crippen MR) is 54.5 cm³/mol. The predicted octanol–water partition coefficient (Wildman–Crippen LogP) is 1.43. The number of nitrogens with zero attached hydrogens (tertiary/aromatic N) is 4. The third kappa shape index (κ3) is 2.06. The van der Waals surface area contributed by atoms with Crippen molar-refractivity contribution < 1.29 is 0 Å². The maximum absolute atomic E-state index is 8.35. The van der Waals surface area contributed by atoms with Crippen LogP contribution in [0.25, 0.3) is 11.3 Å². The van der Waals surface area contributed by atoms with Gasteiger partial charge in [0.2, 0.25) is 5.95 Å². The van der Waals surface area contributed by atoms with Crippen molar-refractivity contribution in [3.8, 4) is 17.5 Å². The lowest BCUT2D eigenvalue weighted by Gasteiger charge is -1.99. The first kappa shape index (κ1) is 9.09. The van der Waals surface area contributed by atoms with Gasteiger partial charge in [0.05, 0.1) is 5.69 Å². The van der Waals surface area contributed by atoms with Gasteiger partial charge in [0.1, 0.15) is 0 Å². The van der Waals surface area contributed by atoms with Crippen LogP contribution < -0.4 is 5.32 Å². The smallest absolute Gasteiger partial charge is 0.236 e. The van der Waals surface area contributed by atoms with Crippen molar-refractivity contribution in [2.24, 2.45) is 0 Å². The molecule has 2 heterocycles. The highest BCUT2D eigenvalue weighted by Gasteiger charge is 1.99. The molecular formula is C10H7N5. The van der Waals surface area contributed by atoms with Gasteiger partial charge in [-0.2, -0.15) is 5.26 Å². The number of pyridine rings is 1. The maximum atomic E-state index is 8.35. The minimum Gasteiger partial charge on any atom is -0.261 e. The Morgan fingerprint density at radius 3 is 2.53 bits per heavy atom. The molecule has 0 spiro atoms. The van der Waals surface area contributed by atoms with Crippen molar-refractivity contribution >= 4 is 5.95 Å². The van der Waals surface area contributed by atoms with Gasteiger partial charge in [-0.1, -0.05) is 6.07 Å². The van der Waals surface area contributed by atoms with Crippen molar-refractivity contribution in [2.45, 2.75) is 0 Å². The van der Waals surface area contributed by atoms with Gasteiger partial charge in [-0.15, -0.1) is 0 Å². The molecule has 0 aliphatic rings. The van der Waals surface area contributed by atoms with E-state index in [9.17, 15) is 0 Å². The van der Waals surface area contributed by atoms with E-state index < -0.39 is 0 Å². The molecule has 0 aliphatic carbocycles. The molecular weight excluding hydrogens is 190 g/mol. The fourth-order valence-electron chi connectivity index (χ4n) is 1.11. The summed E-state index contributed by atoms with van der Waals surface area (Å²) in [4.78, 5) is 12.1. The Balaban J connectivity index is 2.29. The third-order valence-corrected chi connectivity index (χ3v) is 1.78. The molecule has 0 saturated heterocycles. The zero-order valence-electron chi connectivity index (χ0n) is 7.75. The molecule has 5 nitrogen and oxygen atoms in total. The second-order valence-corrected chi connectivity index (χ2v) is 2.75. The molecule has 0 radical (unpaired) electrons. The van der Waals surface area contributed by atoms with Crippen molar-refractivity contribution in [1.29, 1.82) is 5.26 Å². The van der Waals surface area contributed by atoms with Crippen LogP contribution in [0, 0.1) is 11.5 Å². The minimum atomic E-state index is 0.289. The van der Waals surface area contributed by atoms with Crippen LogP contribution in [0.15, 0.2) is 36.8 Å². The van der Waals surface area contributed by atoms with Crippen molar-refractivity contribution in [3.05, 3.63) is 36.8 Å². The van der Waals surface area contributed by atoms with Gasteiger partial charge in [-0.3, -0.25) is 10.3 Å². The molecule has 0 aliphatic heterocycles. The number of nitriles is 1. The lowest BCUT2D eigenvalue weighted by Crippen LogP contribution is -1.95. The monoisotopic (exact) mass is 197 g/mol. The third-order valence-electron chi connectivity index (χ3n) is 1.78. The molecule has 0 atom stereocenters. The Hall–Kier alpha value is -2.48. The van der Waals surface area contributed by atoms with Crippen LogP contribution in [-0.4, -0.2) is 15.0 Å². The maximum Gasteiger partial charge on any atom is 0.236 e. The molecule has 0 unspecified atom stereocenters. The van der Waals surface area contributed by atoms with E-state index in [1.807, 2.05) is 18.2 Å². The molecule has 2 rings (SSSR count). The summed E-state index contributed by atoms with van der Waals surface area (Å²) >= 11 is 0. The second-order valence-electron chi connectivity index (χ2n) is 2.75. The molecule has 5 heteroatoms. The summed E-state index contributed by atoms with van der Waals surface area (Å²) in [6, 6.07) is 5.61. The number of hydrogen-bond acceptors (Lipinski definition) is 5. The largest absolute Gasteiger partial charge is 0.261 e. The Morgan fingerprint density at radius 1 is 1.13 bits per heavy atom. The van der Waals surface area contributed by atoms with Crippen LogP contribution in [0.3, 0.4) is 0 Å². The topological polar surface area (TPSA) is 74.5 Å². The summed E-state index contributed by atoms with van der Waals surface area (Å²) in [6.45, 7) is 0. The molecule has 2 aromatic rings. The summed E-state index contributed by atoms with van der Waals surface area (Å²) in [6.07, 6.45) is 6.70. The second kappa shape index (κ2) is 4.15. The molecule has 0 saturated carbocycles. The highest BCUT2D eigenvalue weighted by Crippen LogP contribution is 2.13. The normalized spacial score (nSPS) is 9.27. The Morgan fingerprint density at radius 2 is 1.93 bits per heavy atom. The molecule has 2 aromatic heterocycles. The number of aromatic nitrogens is 3. The first-order chi connectivity index (χ1) is 7.40. The molecule has 0 amide bonds. The molecule has 0 bridgehead atoms. The van der Waals surface area contributed by atoms with E-state index in [0.717, 1.165) is 11.3 Å². The van der Waals surface area contributed by atoms with Gasteiger partial charge in [-0.25, -0.2) is 9.97 Å². The van der Waals surface area contributed by atoms with Gasteiger partial charge in [0.15, 0.2) is 6.19 Å². The zero-order valence-corrected chi connectivity index (χ0v) is 7.75. The van der Waals surface area contributed by atoms with Crippen molar-refractivity contribution in [1.82, 2.24) is 15.0 Å². The number of nitrogens with one attached hydrogen (secondary N) is 1. The Bertz CT molecular complexity index is 471. The number of rotatable bonds is 2. The fourth-order valence-corrected chi connectivity index (χ4v) is 1.11. The van der Waals surface area contributed by atoms with Crippen molar-refractivity contribution in [3.63, 3.8) is 0 Å². The van der Waals surface area contributed by atoms with Gasteiger partial charge >= 0.3 is 0 Å². The van der Waals surface area contributed by atoms with Crippen LogP contribution in [-0.2, 0) is 0 Å². The van der Waals surface area contributed by atoms with E-state index in [-0.39, 0.29) is 5.95 Å². The van der Waals surface area contributed by atoms with Crippen LogP contribution in [0.4, 0.5) is 5.95 Å². The van der Waals surface area contributed by atoms with Crippen LogP contribution in [0.1, 0.15) is 0 Å². The van der Waals surface area contributed by atoms with Crippen LogP contribution >= 0.6 is 0 Å². The van der Waals surface area contributed by atoms with Crippen LogP contribution in [0.5, 0.6) is 0 Å². The average Bonchev–Trinajstić information content (AvgIpc) is 2.32. The minimum absolute atomic E-state index is 0.289. The SMILES string of the molecule is N#CNc1ncc(-c2ccccn2)cn1. The Kier molecular flexibility index (Phi) is 2.52. The highest BCUT2D eigenvalue weighted by atomic mass is 15.1. The highest BCUT2D eigenvalue weighted by molar-refractivity contribution is 5.57. The quantitative estimate of drug-likeness (QED) is 0.582. The average molecular weight is 197 g/mol. The molecule has 0 aromatic carbocycles. The van der Waals surface area contributed by atoms with Gasteiger partial charge in [-0.05, 0) is 12.1 Å². The summed E-state index contributed by atoms with van der Waals surface area (Å²) in [5.74, 6) is 0.289. The molecule has 1 N–H and O–H groups in total. The Labute approximate surface area is 86.5 Å². The summed E-state index contributed by atoms with van der Waals surface area (Å²) in [5, 5.41) is 10.7. The fraction of sp³-hybridized carbons (Fsp3) is 0. The first-order valence-corrected chi connectivity index (χ1v) is 4.29. The molecule has 72 valence electrons. The van der Waals surface area contributed by atoms with E-state index >= 15 is 0 Å². The van der Waals surface area contributed by atoms with E-state index in [1.165, 1.54) is 0 Å². The van der Waals surface area contributed by atoms with E-state index in [1.54, 1.807) is 24.8 Å². The van der Waals surface area contributed by atoms with Crippen LogP contribution in [0.2, 0.25) is 0 Å². The lowest BCUT2D eigenvalue weighted by molar-refractivity contribution is 1.16. The van der Waals surface area contributed by atoms with E-state index in [2.05, 4.69) is 20.3 Å².